The van der Waals surface area contributed by atoms with Crippen LogP contribution in [0, 0.1) is 0 Å². The molecular formula is C8H14N2O2S. The second-order valence-electron chi connectivity index (χ2n) is 3.08. The van der Waals surface area contributed by atoms with Crippen LogP contribution in [0.5, 0.6) is 0 Å². The van der Waals surface area contributed by atoms with Crippen LogP contribution in [0.3, 0.4) is 0 Å². The minimum Gasteiger partial charge on any atom is -0.315 e. The van der Waals surface area contributed by atoms with Crippen molar-refractivity contribution in [3.63, 3.8) is 0 Å². The molecule has 0 bridgehead atoms. The van der Waals surface area contributed by atoms with E-state index in [1.165, 1.54) is 16.7 Å². The van der Waals surface area contributed by atoms with Crippen LogP contribution in [0.1, 0.15) is 6.92 Å². The molecule has 0 aromatic rings. The number of likely N-dealkylation sites (N-methyl/N-ethyl adjacent to an activating group) is 1. The van der Waals surface area contributed by atoms with Crippen LogP contribution in [0.25, 0.3) is 0 Å². The molecule has 4 nitrogen and oxygen atoms in total. The molecule has 0 aliphatic carbocycles. The van der Waals surface area contributed by atoms with E-state index in [1.54, 1.807) is 0 Å². The molecule has 1 N–H and O–H groups in total. The van der Waals surface area contributed by atoms with Gasteiger partial charge >= 0.3 is 0 Å². The average molecular weight is 202 g/mol. The van der Waals surface area contributed by atoms with Gasteiger partial charge in [0.15, 0.2) is 0 Å². The topological polar surface area (TPSA) is 49.4 Å². The number of nitrogens with zero attached hydrogens (tertiary/aromatic N) is 1. The van der Waals surface area contributed by atoms with E-state index in [4.69, 9.17) is 0 Å². The molecule has 1 aliphatic heterocycles. The molecule has 0 spiro atoms. The minimum atomic E-state index is -0.0663. The van der Waals surface area contributed by atoms with Gasteiger partial charge in [-0.3, -0.25) is 14.5 Å². The summed E-state index contributed by atoms with van der Waals surface area (Å²) in [4.78, 5) is 24.0. The zero-order chi connectivity index (χ0) is 9.84. The molecule has 13 heavy (non-hydrogen) atoms. The molecule has 1 saturated heterocycles. The third-order valence-electron chi connectivity index (χ3n) is 2.00. The number of amides is 2. The van der Waals surface area contributed by atoms with Crippen LogP contribution in [0.2, 0.25) is 0 Å². The Labute approximate surface area is 82.0 Å². The molecular weight excluding hydrogens is 188 g/mol. The van der Waals surface area contributed by atoms with E-state index in [-0.39, 0.29) is 17.9 Å². The van der Waals surface area contributed by atoms with E-state index in [9.17, 15) is 9.59 Å². The third kappa shape index (κ3) is 2.70. The second kappa shape index (κ2) is 4.62. The lowest BCUT2D eigenvalue weighted by Gasteiger charge is -2.26. The molecule has 0 aromatic heterocycles. The molecule has 1 unspecified atom stereocenters. The van der Waals surface area contributed by atoms with E-state index in [1.807, 2.05) is 14.0 Å². The van der Waals surface area contributed by atoms with Crippen molar-refractivity contribution in [3.8, 4) is 0 Å². The smallest absolute Gasteiger partial charge is 0.239 e. The van der Waals surface area contributed by atoms with E-state index < -0.39 is 0 Å². The van der Waals surface area contributed by atoms with Gasteiger partial charge in [-0.2, -0.15) is 0 Å². The number of carbonyl (C=O) groups is 2. The molecule has 1 aliphatic rings. The summed E-state index contributed by atoms with van der Waals surface area (Å²) in [6.45, 7) is 2.43. The Kier molecular flexibility index (Phi) is 3.74. The van der Waals surface area contributed by atoms with E-state index in [0.29, 0.717) is 18.1 Å². The van der Waals surface area contributed by atoms with Gasteiger partial charge in [0.25, 0.3) is 0 Å². The largest absolute Gasteiger partial charge is 0.315 e. The maximum atomic E-state index is 11.3. The highest BCUT2D eigenvalue weighted by Crippen LogP contribution is 2.12. The monoisotopic (exact) mass is 202 g/mol. The lowest BCUT2D eigenvalue weighted by atomic mass is 10.3. The van der Waals surface area contributed by atoms with Gasteiger partial charge in [-0.1, -0.05) is 0 Å². The van der Waals surface area contributed by atoms with Crippen molar-refractivity contribution < 1.29 is 9.59 Å². The van der Waals surface area contributed by atoms with Crippen molar-refractivity contribution in [2.24, 2.45) is 0 Å². The summed E-state index contributed by atoms with van der Waals surface area (Å²) in [6.07, 6.45) is 0. The number of hydrogen-bond donors (Lipinski definition) is 1. The van der Waals surface area contributed by atoms with Gasteiger partial charge in [-0.25, -0.2) is 0 Å². The van der Waals surface area contributed by atoms with Gasteiger partial charge < -0.3 is 5.32 Å². The number of thioether (sulfide) groups is 1. The first-order chi connectivity index (χ1) is 6.15. The molecule has 74 valence electrons. The van der Waals surface area contributed by atoms with Crippen molar-refractivity contribution in [1.29, 1.82) is 0 Å². The Bertz CT molecular complexity index is 204. The summed E-state index contributed by atoms with van der Waals surface area (Å²) < 4.78 is 0. The van der Waals surface area contributed by atoms with Gasteiger partial charge in [0, 0.05) is 12.6 Å². The average Bonchev–Trinajstić information content (AvgIpc) is 2.11. The van der Waals surface area contributed by atoms with Gasteiger partial charge in [-0.05, 0) is 14.0 Å². The van der Waals surface area contributed by atoms with Gasteiger partial charge in [0.05, 0.1) is 11.5 Å². The van der Waals surface area contributed by atoms with Crippen LogP contribution in [-0.2, 0) is 9.59 Å². The molecule has 1 fully saturated rings. The second-order valence-corrected chi connectivity index (χ2v) is 4.07. The predicted octanol–water partition coefficient (Wildman–Crippen LogP) is -0.304. The van der Waals surface area contributed by atoms with Crippen LogP contribution in [0.4, 0.5) is 0 Å². The van der Waals surface area contributed by atoms with Crippen molar-refractivity contribution in [2.45, 2.75) is 13.0 Å². The minimum absolute atomic E-state index is 0.0663. The highest BCUT2D eigenvalue weighted by Gasteiger charge is 2.26. The quantitative estimate of drug-likeness (QED) is 0.638. The van der Waals surface area contributed by atoms with Gasteiger partial charge in [0.2, 0.25) is 11.8 Å². The molecule has 5 heteroatoms. The van der Waals surface area contributed by atoms with Crippen LogP contribution in [-0.4, -0.2) is 47.9 Å². The Morgan fingerprint density at radius 3 is 2.46 bits per heavy atom. The predicted molar refractivity (Wildman–Crippen MR) is 52.6 cm³/mol. The summed E-state index contributed by atoms with van der Waals surface area (Å²) in [7, 11) is 1.82. The summed E-state index contributed by atoms with van der Waals surface area (Å²) in [5, 5.41) is 3.00. The van der Waals surface area contributed by atoms with Crippen molar-refractivity contribution in [1.82, 2.24) is 10.2 Å². The number of rotatable bonds is 3. The molecule has 0 radical (unpaired) electrons. The molecule has 0 aromatic carbocycles. The first-order valence-electron chi connectivity index (χ1n) is 4.23. The molecule has 0 saturated carbocycles. The standard InChI is InChI=1S/C8H14N2O2S/c1-6(9-2)3-10-7(11)4-13-5-8(10)12/h6,9H,3-5H2,1-2H3. The molecule has 1 rings (SSSR count). The van der Waals surface area contributed by atoms with E-state index >= 15 is 0 Å². The fraction of sp³-hybridized carbons (Fsp3) is 0.750. The lowest BCUT2D eigenvalue weighted by Crippen LogP contribution is -2.48. The number of hydrogen-bond acceptors (Lipinski definition) is 4. The van der Waals surface area contributed by atoms with Crippen LogP contribution >= 0.6 is 11.8 Å². The normalized spacial score (nSPS) is 20.6. The highest BCUT2D eigenvalue weighted by molar-refractivity contribution is 8.00. The molecule has 1 heterocycles. The maximum Gasteiger partial charge on any atom is 0.239 e. The van der Waals surface area contributed by atoms with Crippen molar-refractivity contribution in [3.05, 3.63) is 0 Å². The van der Waals surface area contributed by atoms with E-state index in [0.717, 1.165) is 0 Å². The first-order valence-corrected chi connectivity index (χ1v) is 5.39. The van der Waals surface area contributed by atoms with Gasteiger partial charge in [0.1, 0.15) is 0 Å². The van der Waals surface area contributed by atoms with E-state index in [2.05, 4.69) is 5.32 Å². The number of carbonyl (C=O) groups excluding carboxylic acids is 2. The lowest BCUT2D eigenvalue weighted by molar-refractivity contribution is -0.142. The summed E-state index contributed by atoms with van der Waals surface area (Å²) in [5.74, 6) is 0.733. The Hall–Kier alpha value is -0.550. The number of imide groups is 1. The summed E-state index contributed by atoms with van der Waals surface area (Å²) in [6, 6.07) is 0.163. The van der Waals surface area contributed by atoms with Gasteiger partial charge in [-0.15, -0.1) is 11.8 Å². The zero-order valence-corrected chi connectivity index (χ0v) is 8.69. The molecule has 1 atom stereocenters. The highest BCUT2D eigenvalue weighted by atomic mass is 32.2. The summed E-state index contributed by atoms with van der Waals surface area (Å²) >= 11 is 1.39. The Morgan fingerprint density at radius 2 is 2.00 bits per heavy atom. The Morgan fingerprint density at radius 1 is 1.46 bits per heavy atom. The van der Waals surface area contributed by atoms with Crippen molar-refractivity contribution in [2.75, 3.05) is 25.1 Å². The SMILES string of the molecule is CNC(C)CN1C(=O)CSCC1=O. The number of nitrogens with one attached hydrogen (secondary N) is 1. The zero-order valence-electron chi connectivity index (χ0n) is 7.87. The first kappa shape index (κ1) is 10.5. The fourth-order valence-corrected chi connectivity index (χ4v) is 1.85. The van der Waals surface area contributed by atoms with Crippen molar-refractivity contribution >= 4 is 23.6 Å². The Balaban J connectivity index is 2.54. The molecule has 2 amide bonds. The maximum absolute atomic E-state index is 11.3. The fourth-order valence-electron chi connectivity index (χ4n) is 1.09. The summed E-state index contributed by atoms with van der Waals surface area (Å²) in [5.41, 5.74) is 0. The van der Waals surface area contributed by atoms with Crippen LogP contribution < -0.4 is 5.32 Å². The van der Waals surface area contributed by atoms with Crippen LogP contribution in [0.15, 0.2) is 0 Å². The third-order valence-corrected chi connectivity index (χ3v) is 2.90.